The van der Waals surface area contributed by atoms with Crippen molar-refractivity contribution < 1.29 is 19.4 Å². The van der Waals surface area contributed by atoms with Gasteiger partial charge in [-0.3, -0.25) is 4.79 Å². The average Bonchev–Trinajstić information content (AvgIpc) is 2.61. The van der Waals surface area contributed by atoms with Crippen LogP contribution < -0.4 is 10.9 Å². The molecule has 1 atom stereocenters. The number of carbonyl (C=O) groups excluding carboxylic acids is 1. The fourth-order valence-corrected chi connectivity index (χ4v) is 3.01. The molecule has 0 aliphatic rings. The van der Waals surface area contributed by atoms with Gasteiger partial charge in [-0.25, -0.2) is 4.79 Å². The fourth-order valence-electron chi connectivity index (χ4n) is 2.84. The number of fused-ring (bicyclic) bond motifs is 1. The van der Waals surface area contributed by atoms with Crippen LogP contribution in [0.2, 0.25) is 5.02 Å². The Bertz CT molecular complexity index is 1090. The number of hydrogen-bond acceptors (Lipinski definition) is 5. The zero-order valence-corrected chi connectivity index (χ0v) is 15.5. The topological polar surface area (TPSA) is 99.8 Å². The zero-order chi connectivity index (χ0) is 19.7. The van der Waals surface area contributed by atoms with Crippen LogP contribution in [0.1, 0.15) is 29.7 Å². The summed E-state index contributed by atoms with van der Waals surface area (Å²) in [5.74, 6) is -0.576. The van der Waals surface area contributed by atoms with Crippen LogP contribution in [0.4, 0.5) is 5.69 Å². The molecular formula is C20H18ClNO5. The highest BCUT2D eigenvalue weighted by atomic mass is 35.5. The van der Waals surface area contributed by atoms with E-state index in [1.54, 1.807) is 38.1 Å². The average molecular weight is 388 g/mol. The number of phenolic OH excluding ortho intramolecular Hbond substituents is 1. The molecule has 3 rings (SSSR count). The number of benzene rings is 2. The molecule has 1 heterocycles. The van der Waals surface area contributed by atoms with Crippen LogP contribution in [-0.4, -0.2) is 16.1 Å². The molecular weight excluding hydrogens is 370 g/mol. The summed E-state index contributed by atoms with van der Waals surface area (Å²) in [7, 11) is 0. The van der Waals surface area contributed by atoms with Gasteiger partial charge in [0, 0.05) is 17.1 Å². The first-order chi connectivity index (χ1) is 12.8. The number of phenols is 1. The van der Waals surface area contributed by atoms with Gasteiger partial charge in [-0.1, -0.05) is 23.7 Å². The lowest BCUT2D eigenvalue weighted by Gasteiger charge is -2.11. The highest BCUT2D eigenvalue weighted by molar-refractivity contribution is 6.32. The molecule has 0 aliphatic carbocycles. The standard InChI is InChI=1S/C20H18ClNO5/c1-10-14-7-16(21)17(24)9-18(14)27-20(26)15(10)8-19(25)22-13-5-3-4-12(6-13)11(2)23/h3-7,9,11,23-24H,8H2,1-2H3,(H,22,25)/t11-/m0/s1. The molecule has 0 fully saturated rings. The predicted molar refractivity (Wildman–Crippen MR) is 103 cm³/mol. The summed E-state index contributed by atoms with van der Waals surface area (Å²) < 4.78 is 5.22. The number of carbonyl (C=O) groups is 1. The van der Waals surface area contributed by atoms with Crippen LogP contribution in [0.5, 0.6) is 5.75 Å². The van der Waals surface area contributed by atoms with E-state index in [0.717, 1.165) is 0 Å². The molecule has 1 amide bonds. The fraction of sp³-hybridized carbons (Fsp3) is 0.200. The van der Waals surface area contributed by atoms with E-state index in [1.807, 2.05) is 0 Å². The maximum Gasteiger partial charge on any atom is 0.340 e. The number of nitrogens with one attached hydrogen (secondary N) is 1. The van der Waals surface area contributed by atoms with Gasteiger partial charge in [0.25, 0.3) is 0 Å². The second kappa shape index (κ2) is 7.42. The molecule has 7 heteroatoms. The minimum absolute atomic E-state index is 0.129. The minimum Gasteiger partial charge on any atom is -0.506 e. The lowest BCUT2D eigenvalue weighted by molar-refractivity contribution is -0.115. The van der Waals surface area contributed by atoms with Gasteiger partial charge in [0.05, 0.1) is 23.1 Å². The SMILES string of the molecule is Cc1c(CC(=O)Nc2cccc([C@H](C)O)c2)c(=O)oc2cc(O)c(Cl)cc12. The molecule has 0 aliphatic heterocycles. The largest absolute Gasteiger partial charge is 0.506 e. The van der Waals surface area contributed by atoms with Gasteiger partial charge < -0.3 is 19.9 Å². The Kier molecular flexibility index (Phi) is 5.21. The van der Waals surface area contributed by atoms with Crippen LogP contribution >= 0.6 is 11.6 Å². The Balaban J connectivity index is 1.90. The minimum atomic E-state index is -0.655. The number of anilines is 1. The van der Waals surface area contributed by atoms with Crippen molar-refractivity contribution in [1.29, 1.82) is 0 Å². The second-order valence-electron chi connectivity index (χ2n) is 6.32. The Labute approximate surface area is 160 Å². The Morgan fingerprint density at radius 3 is 2.74 bits per heavy atom. The molecule has 27 heavy (non-hydrogen) atoms. The van der Waals surface area contributed by atoms with E-state index >= 15 is 0 Å². The third-order valence-electron chi connectivity index (χ3n) is 4.34. The van der Waals surface area contributed by atoms with Gasteiger partial charge in [0.1, 0.15) is 11.3 Å². The van der Waals surface area contributed by atoms with Crippen molar-refractivity contribution in [3.05, 3.63) is 68.5 Å². The third-order valence-corrected chi connectivity index (χ3v) is 4.65. The number of hydrogen-bond donors (Lipinski definition) is 3. The lowest BCUT2D eigenvalue weighted by atomic mass is 10.0. The highest BCUT2D eigenvalue weighted by Crippen LogP contribution is 2.30. The van der Waals surface area contributed by atoms with Crippen molar-refractivity contribution in [3.63, 3.8) is 0 Å². The molecule has 3 N–H and O–H groups in total. The van der Waals surface area contributed by atoms with Gasteiger partial charge in [0.15, 0.2) is 0 Å². The van der Waals surface area contributed by atoms with E-state index < -0.39 is 17.6 Å². The van der Waals surface area contributed by atoms with Gasteiger partial charge in [-0.2, -0.15) is 0 Å². The first-order valence-corrected chi connectivity index (χ1v) is 8.66. The maximum atomic E-state index is 12.4. The van der Waals surface area contributed by atoms with Crippen molar-refractivity contribution in [2.24, 2.45) is 0 Å². The van der Waals surface area contributed by atoms with E-state index in [1.165, 1.54) is 12.1 Å². The molecule has 0 saturated heterocycles. The van der Waals surface area contributed by atoms with Gasteiger partial charge in [0.2, 0.25) is 5.91 Å². The quantitative estimate of drug-likeness (QED) is 0.593. The van der Waals surface area contributed by atoms with Crippen molar-refractivity contribution in [2.75, 3.05) is 5.32 Å². The molecule has 0 saturated carbocycles. The lowest BCUT2D eigenvalue weighted by Crippen LogP contribution is -2.20. The maximum absolute atomic E-state index is 12.4. The number of halogens is 1. The molecule has 3 aromatic rings. The first kappa shape index (κ1) is 18.9. The number of amides is 1. The zero-order valence-electron chi connectivity index (χ0n) is 14.7. The normalized spacial score (nSPS) is 12.1. The molecule has 0 radical (unpaired) electrons. The van der Waals surface area contributed by atoms with Gasteiger partial charge >= 0.3 is 5.63 Å². The van der Waals surface area contributed by atoms with E-state index in [2.05, 4.69) is 5.32 Å². The molecule has 1 aromatic heterocycles. The number of aliphatic hydroxyl groups excluding tert-OH is 1. The van der Waals surface area contributed by atoms with Crippen molar-refractivity contribution in [2.45, 2.75) is 26.4 Å². The molecule has 0 spiro atoms. The summed E-state index contributed by atoms with van der Waals surface area (Å²) in [6, 6.07) is 9.61. The smallest absolute Gasteiger partial charge is 0.340 e. The summed E-state index contributed by atoms with van der Waals surface area (Å²) in [5, 5.41) is 22.7. The van der Waals surface area contributed by atoms with E-state index in [0.29, 0.717) is 22.2 Å². The van der Waals surface area contributed by atoms with E-state index in [-0.39, 0.29) is 28.3 Å². The number of aromatic hydroxyl groups is 1. The number of aliphatic hydroxyl groups is 1. The monoisotopic (exact) mass is 387 g/mol. The van der Waals surface area contributed by atoms with Crippen LogP contribution in [0.15, 0.2) is 45.6 Å². The summed E-state index contributed by atoms with van der Waals surface area (Å²) in [4.78, 5) is 24.7. The second-order valence-corrected chi connectivity index (χ2v) is 6.73. The van der Waals surface area contributed by atoms with Crippen molar-refractivity contribution >= 4 is 34.2 Å². The van der Waals surface area contributed by atoms with Gasteiger partial charge in [-0.15, -0.1) is 0 Å². The highest BCUT2D eigenvalue weighted by Gasteiger charge is 2.17. The first-order valence-electron chi connectivity index (χ1n) is 8.29. The van der Waals surface area contributed by atoms with Gasteiger partial charge in [-0.05, 0) is 43.2 Å². The summed E-state index contributed by atoms with van der Waals surface area (Å²) >= 11 is 5.94. The molecule has 6 nitrogen and oxygen atoms in total. The van der Waals surface area contributed by atoms with Crippen LogP contribution in [0.25, 0.3) is 11.0 Å². The summed E-state index contributed by atoms with van der Waals surface area (Å²) in [5.41, 5.74) is 1.53. The van der Waals surface area contributed by atoms with E-state index in [4.69, 9.17) is 16.0 Å². The van der Waals surface area contributed by atoms with Crippen molar-refractivity contribution in [1.82, 2.24) is 0 Å². The van der Waals surface area contributed by atoms with Crippen LogP contribution in [-0.2, 0) is 11.2 Å². The third kappa shape index (κ3) is 3.97. The van der Waals surface area contributed by atoms with Crippen molar-refractivity contribution in [3.8, 4) is 5.75 Å². The molecule has 140 valence electrons. The summed E-state index contributed by atoms with van der Waals surface area (Å²) in [6.07, 6.45) is -0.834. The molecule has 2 aromatic carbocycles. The Hall–Kier alpha value is -2.83. The molecule has 0 unspecified atom stereocenters. The van der Waals surface area contributed by atoms with Crippen LogP contribution in [0.3, 0.4) is 0 Å². The Morgan fingerprint density at radius 1 is 1.30 bits per heavy atom. The van der Waals surface area contributed by atoms with E-state index in [9.17, 15) is 19.8 Å². The van der Waals surface area contributed by atoms with Crippen LogP contribution in [0, 0.1) is 6.92 Å². The predicted octanol–water partition coefficient (Wildman–Crippen LogP) is 3.69. The number of aryl methyl sites for hydroxylation is 1. The number of rotatable bonds is 4. The molecule has 0 bridgehead atoms. The Morgan fingerprint density at radius 2 is 2.04 bits per heavy atom. The summed E-state index contributed by atoms with van der Waals surface area (Å²) in [6.45, 7) is 3.33.